The molecule has 5 nitrogen and oxygen atoms in total. The summed E-state index contributed by atoms with van der Waals surface area (Å²) < 4.78 is 6.08. The summed E-state index contributed by atoms with van der Waals surface area (Å²) in [5, 5.41) is 11.0. The first kappa shape index (κ1) is 13.5. The van der Waals surface area contributed by atoms with Crippen molar-refractivity contribution in [3.63, 3.8) is 0 Å². The molecule has 0 amide bonds. The zero-order chi connectivity index (χ0) is 14.0. The minimum absolute atomic E-state index is 0.0625. The fraction of sp³-hybridized carbons (Fsp3) is 0.154. The Morgan fingerprint density at radius 3 is 2.53 bits per heavy atom. The molecule has 0 saturated heterocycles. The van der Waals surface area contributed by atoms with Crippen molar-refractivity contribution < 1.29 is 9.66 Å². The molecule has 0 radical (unpaired) electrons. The Labute approximate surface area is 118 Å². The summed E-state index contributed by atoms with van der Waals surface area (Å²) in [7, 11) is 0. The van der Waals surface area contributed by atoms with Crippen LogP contribution in [0.15, 0.2) is 34.9 Å². The number of hydrogen-bond donors (Lipinski definition) is 0. The SMILES string of the molecule is Cc1ccc(Oc2ccc(C)nc2Br)c([N+](=O)[O-])c1. The summed E-state index contributed by atoms with van der Waals surface area (Å²) in [4.78, 5) is 14.7. The molecule has 0 spiro atoms. The lowest BCUT2D eigenvalue weighted by atomic mass is 10.2. The van der Waals surface area contributed by atoms with Gasteiger partial charge in [-0.15, -0.1) is 0 Å². The van der Waals surface area contributed by atoms with E-state index < -0.39 is 4.92 Å². The first-order valence-corrected chi connectivity index (χ1v) is 6.32. The van der Waals surface area contributed by atoms with Gasteiger partial charge in [0, 0.05) is 11.8 Å². The Kier molecular flexibility index (Phi) is 3.80. The number of nitro benzene ring substituents is 1. The molecule has 0 aliphatic heterocycles. The topological polar surface area (TPSA) is 65.3 Å². The second kappa shape index (κ2) is 5.36. The molecule has 0 aliphatic carbocycles. The highest BCUT2D eigenvalue weighted by Gasteiger charge is 2.17. The Balaban J connectivity index is 2.40. The van der Waals surface area contributed by atoms with Crippen molar-refractivity contribution in [1.82, 2.24) is 4.98 Å². The van der Waals surface area contributed by atoms with Crippen LogP contribution in [0.5, 0.6) is 11.5 Å². The van der Waals surface area contributed by atoms with Crippen LogP contribution in [0.1, 0.15) is 11.3 Å². The molecule has 1 aromatic heterocycles. The third kappa shape index (κ3) is 3.08. The Morgan fingerprint density at radius 1 is 1.21 bits per heavy atom. The van der Waals surface area contributed by atoms with Crippen LogP contribution >= 0.6 is 15.9 Å². The van der Waals surface area contributed by atoms with E-state index in [4.69, 9.17) is 4.74 Å². The second-order valence-electron chi connectivity index (χ2n) is 4.07. The van der Waals surface area contributed by atoms with Gasteiger partial charge < -0.3 is 4.74 Å². The third-order valence-electron chi connectivity index (χ3n) is 2.48. The summed E-state index contributed by atoms with van der Waals surface area (Å²) in [5.41, 5.74) is 1.57. The normalized spacial score (nSPS) is 10.3. The van der Waals surface area contributed by atoms with Crippen LogP contribution in [0, 0.1) is 24.0 Å². The van der Waals surface area contributed by atoms with Crippen LogP contribution in [0.3, 0.4) is 0 Å². The Bertz CT molecular complexity index is 644. The molecule has 98 valence electrons. The van der Waals surface area contributed by atoms with Crippen LogP contribution in [0.25, 0.3) is 0 Å². The molecule has 0 bridgehead atoms. The van der Waals surface area contributed by atoms with Gasteiger partial charge in [-0.3, -0.25) is 10.1 Å². The number of hydrogen-bond acceptors (Lipinski definition) is 4. The van der Waals surface area contributed by atoms with E-state index in [0.717, 1.165) is 11.3 Å². The third-order valence-corrected chi connectivity index (χ3v) is 3.05. The lowest BCUT2D eigenvalue weighted by Gasteiger charge is -2.08. The number of benzene rings is 1. The molecule has 0 aliphatic rings. The van der Waals surface area contributed by atoms with Gasteiger partial charge in [-0.2, -0.15) is 0 Å². The summed E-state index contributed by atoms with van der Waals surface area (Å²) in [5.74, 6) is 0.638. The molecule has 0 unspecified atom stereocenters. The zero-order valence-electron chi connectivity index (χ0n) is 10.4. The van der Waals surface area contributed by atoms with Crippen LogP contribution in [-0.4, -0.2) is 9.91 Å². The summed E-state index contributed by atoms with van der Waals surface area (Å²) >= 11 is 3.27. The standard InChI is InChI=1S/C13H11BrN2O3/c1-8-3-5-11(10(7-8)16(17)18)19-12-6-4-9(2)15-13(12)14/h3-7H,1-2H3. The highest BCUT2D eigenvalue weighted by Crippen LogP contribution is 2.34. The minimum atomic E-state index is -0.460. The van der Waals surface area contributed by atoms with Gasteiger partial charge in [-0.05, 0) is 53.5 Å². The van der Waals surface area contributed by atoms with Gasteiger partial charge in [-0.25, -0.2) is 4.98 Å². The van der Waals surface area contributed by atoms with Crippen LogP contribution in [-0.2, 0) is 0 Å². The molecule has 0 N–H and O–H groups in total. The summed E-state index contributed by atoms with van der Waals surface area (Å²) in [6, 6.07) is 8.32. The Hall–Kier alpha value is -1.95. The maximum absolute atomic E-state index is 11.0. The molecule has 1 aromatic carbocycles. The van der Waals surface area contributed by atoms with Gasteiger partial charge in [0.1, 0.15) is 4.60 Å². The van der Waals surface area contributed by atoms with Crippen molar-refractivity contribution in [3.8, 4) is 11.5 Å². The quantitative estimate of drug-likeness (QED) is 0.483. The number of nitrogens with zero attached hydrogens (tertiary/aromatic N) is 2. The summed E-state index contributed by atoms with van der Waals surface area (Å²) in [6.07, 6.45) is 0. The van der Waals surface area contributed by atoms with E-state index in [-0.39, 0.29) is 11.4 Å². The number of aromatic nitrogens is 1. The van der Waals surface area contributed by atoms with Crippen molar-refractivity contribution >= 4 is 21.6 Å². The molecule has 1 heterocycles. The molecule has 6 heteroatoms. The lowest BCUT2D eigenvalue weighted by molar-refractivity contribution is -0.385. The van der Waals surface area contributed by atoms with Crippen LogP contribution in [0.4, 0.5) is 5.69 Å². The number of ether oxygens (including phenoxy) is 1. The molecular formula is C13H11BrN2O3. The van der Waals surface area contributed by atoms with E-state index in [1.165, 1.54) is 6.07 Å². The molecular weight excluding hydrogens is 312 g/mol. The highest BCUT2D eigenvalue weighted by atomic mass is 79.9. The number of halogens is 1. The summed E-state index contributed by atoms with van der Waals surface area (Å²) in [6.45, 7) is 3.64. The maximum atomic E-state index is 11.0. The number of pyridine rings is 1. The maximum Gasteiger partial charge on any atom is 0.311 e. The van der Waals surface area contributed by atoms with E-state index in [1.54, 1.807) is 31.2 Å². The van der Waals surface area contributed by atoms with E-state index in [9.17, 15) is 10.1 Å². The fourth-order valence-corrected chi connectivity index (χ4v) is 2.06. The monoisotopic (exact) mass is 322 g/mol. The molecule has 0 atom stereocenters. The van der Waals surface area contributed by atoms with Gasteiger partial charge in [0.2, 0.25) is 5.75 Å². The van der Waals surface area contributed by atoms with E-state index in [0.29, 0.717) is 10.4 Å². The fourth-order valence-electron chi connectivity index (χ4n) is 1.56. The smallest absolute Gasteiger partial charge is 0.311 e. The minimum Gasteiger partial charge on any atom is -0.447 e. The Morgan fingerprint density at radius 2 is 1.89 bits per heavy atom. The predicted octanol–water partition coefficient (Wildman–Crippen LogP) is 4.16. The van der Waals surface area contributed by atoms with Crippen molar-refractivity contribution in [2.24, 2.45) is 0 Å². The molecule has 19 heavy (non-hydrogen) atoms. The number of nitro groups is 1. The predicted molar refractivity (Wildman–Crippen MR) is 74.6 cm³/mol. The van der Waals surface area contributed by atoms with Crippen molar-refractivity contribution in [2.75, 3.05) is 0 Å². The largest absolute Gasteiger partial charge is 0.447 e. The van der Waals surface area contributed by atoms with Gasteiger partial charge in [0.05, 0.1) is 4.92 Å². The number of aryl methyl sites for hydroxylation is 2. The number of rotatable bonds is 3. The van der Waals surface area contributed by atoms with Crippen molar-refractivity contribution in [2.45, 2.75) is 13.8 Å². The molecule has 0 saturated carbocycles. The van der Waals surface area contributed by atoms with E-state index >= 15 is 0 Å². The first-order chi connectivity index (χ1) is 8.97. The highest BCUT2D eigenvalue weighted by molar-refractivity contribution is 9.10. The zero-order valence-corrected chi connectivity index (χ0v) is 12.0. The van der Waals surface area contributed by atoms with Crippen LogP contribution in [0.2, 0.25) is 0 Å². The second-order valence-corrected chi connectivity index (χ2v) is 4.82. The van der Waals surface area contributed by atoms with E-state index in [1.807, 2.05) is 6.92 Å². The lowest BCUT2D eigenvalue weighted by Crippen LogP contribution is -1.95. The average Bonchev–Trinajstić information content (AvgIpc) is 2.34. The average molecular weight is 323 g/mol. The van der Waals surface area contributed by atoms with Crippen LogP contribution < -0.4 is 4.74 Å². The first-order valence-electron chi connectivity index (χ1n) is 5.53. The van der Waals surface area contributed by atoms with Gasteiger partial charge >= 0.3 is 5.69 Å². The van der Waals surface area contributed by atoms with Gasteiger partial charge in [-0.1, -0.05) is 6.07 Å². The van der Waals surface area contributed by atoms with Crippen molar-refractivity contribution in [1.29, 1.82) is 0 Å². The van der Waals surface area contributed by atoms with E-state index in [2.05, 4.69) is 20.9 Å². The van der Waals surface area contributed by atoms with Gasteiger partial charge in [0.25, 0.3) is 0 Å². The molecule has 0 fully saturated rings. The van der Waals surface area contributed by atoms with Crippen molar-refractivity contribution in [3.05, 3.63) is 56.3 Å². The molecule has 2 rings (SSSR count). The van der Waals surface area contributed by atoms with Gasteiger partial charge in [0.15, 0.2) is 5.75 Å². The molecule has 2 aromatic rings.